The number of alkyl halides is 3. The topological polar surface area (TPSA) is 132 Å². The van der Waals surface area contributed by atoms with Crippen molar-refractivity contribution >= 4 is 17.6 Å². The number of carbonyl (C=O) groups excluding carboxylic acids is 1. The van der Waals surface area contributed by atoms with E-state index < -0.39 is 47.8 Å². The van der Waals surface area contributed by atoms with Crippen molar-refractivity contribution in [3.63, 3.8) is 0 Å². The standard InChI is InChI=1S/C20H18F3N3O5/c1-2-26-9-12(15(18(26)24)19(29)30)14(28)8-7-13-16(20(21,22)23)17(31-25-13)10-3-5-11(27)6-4-10/h3-6,9,27H,2,7-8,24H2,1H3,(H,29,30). The van der Waals surface area contributed by atoms with Crippen LogP contribution in [0.1, 0.15) is 45.3 Å². The Morgan fingerprint density at radius 3 is 2.42 bits per heavy atom. The number of phenolic OH excluding ortho intramolecular Hbond substituents is 1. The second kappa shape index (κ2) is 8.17. The van der Waals surface area contributed by atoms with Crippen molar-refractivity contribution in [3.8, 4) is 17.1 Å². The summed E-state index contributed by atoms with van der Waals surface area (Å²) in [6.45, 7) is 2.02. The molecule has 31 heavy (non-hydrogen) atoms. The van der Waals surface area contributed by atoms with Gasteiger partial charge in [-0.2, -0.15) is 13.2 Å². The molecule has 2 aromatic heterocycles. The fourth-order valence-corrected chi connectivity index (χ4v) is 3.23. The van der Waals surface area contributed by atoms with Gasteiger partial charge in [0.1, 0.15) is 22.7 Å². The van der Waals surface area contributed by atoms with Gasteiger partial charge in [-0.05, 0) is 31.2 Å². The number of ketones is 1. The van der Waals surface area contributed by atoms with Crippen LogP contribution in [0.5, 0.6) is 5.75 Å². The number of nitrogens with zero attached hydrogens (tertiary/aromatic N) is 2. The summed E-state index contributed by atoms with van der Waals surface area (Å²) in [5.41, 5.74) is 3.64. The predicted octanol–water partition coefficient (Wildman–Crippen LogP) is 3.98. The van der Waals surface area contributed by atoms with E-state index >= 15 is 0 Å². The molecule has 0 amide bonds. The maximum absolute atomic E-state index is 13.7. The summed E-state index contributed by atoms with van der Waals surface area (Å²) in [6, 6.07) is 4.90. The highest BCUT2D eigenvalue weighted by Crippen LogP contribution is 2.40. The minimum atomic E-state index is -4.81. The van der Waals surface area contributed by atoms with E-state index in [1.54, 1.807) is 6.92 Å². The first-order chi connectivity index (χ1) is 14.5. The number of benzene rings is 1. The van der Waals surface area contributed by atoms with E-state index in [9.17, 15) is 33.0 Å². The van der Waals surface area contributed by atoms with Gasteiger partial charge < -0.3 is 25.0 Å². The molecule has 2 heterocycles. The lowest BCUT2D eigenvalue weighted by atomic mass is 10.0. The van der Waals surface area contributed by atoms with Gasteiger partial charge in [0.15, 0.2) is 11.5 Å². The zero-order chi connectivity index (χ0) is 22.9. The Morgan fingerprint density at radius 1 is 1.23 bits per heavy atom. The number of phenols is 1. The maximum atomic E-state index is 13.7. The number of halogens is 3. The number of carbonyl (C=O) groups is 2. The summed E-state index contributed by atoms with van der Waals surface area (Å²) in [7, 11) is 0. The number of Topliss-reactive ketones (excluding diaryl/α,β-unsaturated/α-hetero) is 1. The van der Waals surface area contributed by atoms with Crippen molar-refractivity contribution < 1.29 is 37.5 Å². The number of aromatic nitrogens is 2. The molecule has 0 spiro atoms. The average molecular weight is 437 g/mol. The Labute approximate surface area is 173 Å². The molecule has 1 aromatic carbocycles. The highest BCUT2D eigenvalue weighted by molar-refractivity contribution is 6.08. The van der Waals surface area contributed by atoms with Crippen LogP contribution in [0.4, 0.5) is 19.0 Å². The second-order valence-electron chi connectivity index (χ2n) is 6.70. The molecule has 3 aromatic rings. The van der Waals surface area contributed by atoms with Crippen LogP contribution in [-0.2, 0) is 19.1 Å². The number of nitrogen functional groups attached to an aromatic ring is 1. The zero-order valence-electron chi connectivity index (χ0n) is 16.2. The van der Waals surface area contributed by atoms with E-state index in [4.69, 9.17) is 10.3 Å². The third kappa shape index (κ3) is 4.25. The first kappa shape index (κ1) is 21.9. The van der Waals surface area contributed by atoms with Gasteiger partial charge in [0.2, 0.25) is 0 Å². The van der Waals surface area contributed by atoms with Crippen LogP contribution in [-0.4, -0.2) is 31.7 Å². The van der Waals surface area contributed by atoms with Gasteiger partial charge in [0.25, 0.3) is 0 Å². The van der Waals surface area contributed by atoms with Crippen molar-refractivity contribution in [1.29, 1.82) is 0 Å². The smallest absolute Gasteiger partial charge is 0.422 e. The predicted molar refractivity (Wildman–Crippen MR) is 103 cm³/mol. The van der Waals surface area contributed by atoms with Crippen LogP contribution in [0.2, 0.25) is 0 Å². The number of carboxylic acids is 1. The van der Waals surface area contributed by atoms with E-state index in [1.807, 2.05) is 0 Å². The minimum absolute atomic E-state index is 0.0520. The monoisotopic (exact) mass is 437 g/mol. The van der Waals surface area contributed by atoms with Gasteiger partial charge >= 0.3 is 12.1 Å². The molecule has 3 rings (SSSR count). The normalized spacial score (nSPS) is 11.6. The van der Waals surface area contributed by atoms with Crippen molar-refractivity contribution in [2.24, 2.45) is 0 Å². The molecule has 0 aliphatic carbocycles. The fourth-order valence-electron chi connectivity index (χ4n) is 3.23. The Morgan fingerprint density at radius 2 is 1.87 bits per heavy atom. The number of anilines is 1. The second-order valence-corrected chi connectivity index (χ2v) is 6.70. The van der Waals surface area contributed by atoms with Crippen LogP contribution in [0.3, 0.4) is 0 Å². The lowest BCUT2D eigenvalue weighted by Crippen LogP contribution is -2.12. The third-order valence-corrected chi connectivity index (χ3v) is 4.74. The molecule has 164 valence electrons. The number of aromatic carboxylic acids is 1. The summed E-state index contributed by atoms with van der Waals surface area (Å²) in [5.74, 6) is -2.86. The summed E-state index contributed by atoms with van der Waals surface area (Å²) in [4.78, 5) is 24.1. The molecule has 0 atom stereocenters. The molecule has 0 fully saturated rings. The van der Waals surface area contributed by atoms with Crippen molar-refractivity contribution in [2.45, 2.75) is 32.5 Å². The van der Waals surface area contributed by atoms with Crippen LogP contribution < -0.4 is 5.73 Å². The van der Waals surface area contributed by atoms with E-state index in [0.717, 1.165) is 0 Å². The Balaban J connectivity index is 1.91. The third-order valence-electron chi connectivity index (χ3n) is 4.74. The summed E-state index contributed by atoms with van der Waals surface area (Å²) >= 11 is 0. The van der Waals surface area contributed by atoms with Crippen LogP contribution >= 0.6 is 0 Å². The molecule has 0 unspecified atom stereocenters. The van der Waals surface area contributed by atoms with E-state index in [2.05, 4.69) is 5.16 Å². The highest BCUT2D eigenvalue weighted by atomic mass is 19.4. The number of aryl methyl sites for hydroxylation is 2. The number of hydrogen-bond donors (Lipinski definition) is 3. The van der Waals surface area contributed by atoms with Gasteiger partial charge in [0, 0.05) is 31.1 Å². The highest BCUT2D eigenvalue weighted by Gasteiger charge is 2.40. The molecule has 0 radical (unpaired) electrons. The SMILES string of the molecule is CCn1cc(C(=O)CCc2noc(-c3ccc(O)cc3)c2C(F)(F)F)c(C(=O)O)c1N. The van der Waals surface area contributed by atoms with Gasteiger partial charge in [-0.3, -0.25) is 4.79 Å². The Kier molecular flexibility index (Phi) is 5.78. The molecule has 4 N–H and O–H groups in total. The molecule has 11 heteroatoms. The molecule has 0 saturated heterocycles. The molecule has 0 saturated carbocycles. The number of hydrogen-bond acceptors (Lipinski definition) is 6. The zero-order valence-corrected chi connectivity index (χ0v) is 16.2. The summed E-state index contributed by atoms with van der Waals surface area (Å²) in [5, 5.41) is 22.2. The number of carboxylic acid groups (broad SMARTS) is 1. The Hall–Kier alpha value is -3.76. The number of rotatable bonds is 7. The van der Waals surface area contributed by atoms with E-state index in [-0.39, 0.29) is 28.3 Å². The number of aromatic hydroxyl groups is 1. The fraction of sp³-hybridized carbons (Fsp3) is 0.250. The van der Waals surface area contributed by atoms with E-state index in [1.165, 1.54) is 35.0 Å². The number of nitrogens with two attached hydrogens (primary N) is 1. The quantitative estimate of drug-likeness (QED) is 0.476. The maximum Gasteiger partial charge on any atom is 0.422 e. The van der Waals surface area contributed by atoms with Crippen LogP contribution in [0, 0.1) is 0 Å². The molecular weight excluding hydrogens is 419 g/mol. The van der Waals surface area contributed by atoms with Gasteiger partial charge in [0.05, 0.1) is 11.3 Å². The molecule has 8 nitrogen and oxygen atoms in total. The minimum Gasteiger partial charge on any atom is -0.508 e. The molecule has 0 aliphatic heterocycles. The first-order valence-corrected chi connectivity index (χ1v) is 9.14. The largest absolute Gasteiger partial charge is 0.508 e. The van der Waals surface area contributed by atoms with Gasteiger partial charge in [-0.25, -0.2) is 4.79 Å². The summed E-state index contributed by atoms with van der Waals surface area (Å²) in [6.07, 6.45) is -4.39. The average Bonchev–Trinajstić information content (AvgIpc) is 3.27. The molecule has 0 bridgehead atoms. The summed E-state index contributed by atoms with van der Waals surface area (Å²) < 4.78 is 47.4. The van der Waals surface area contributed by atoms with Gasteiger partial charge in [-0.1, -0.05) is 5.16 Å². The van der Waals surface area contributed by atoms with Crippen molar-refractivity contribution in [1.82, 2.24) is 9.72 Å². The first-order valence-electron chi connectivity index (χ1n) is 9.14. The lowest BCUT2D eigenvalue weighted by Gasteiger charge is -2.08. The van der Waals surface area contributed by atoms with Gasteiger partial charge in [-0.15, -0.1) is 0 Å². The van der Waals surface area contributed by atoms with Crippen LogP contribution in [0.15, 0.2) is 35.0 Å². The van der Waals surface area contributed by atoms with Crippen molar-refractivity contribution in [2.75, 3.05) is 5.73 Å². The van der Waals surface area contributed by atoms with Crippen molar-refractivity contribution in [3.05, 3.63) is 52.8 Å². The van der Waals surface area contributed by atoms with E-state index in [0.29, 0.717) is 6.54 Å². The Bertz CT molecular complexity index is 1130. The lowest BCUT2D eigenvalue weighted by molar-refractivity contribution is -0.137. The molecular formula is C20H18F3N3O5. The van der Waals surface area contributed by atoms with Crippen LogP contribution in [0.25, 0.3) is 11.3 Å². The molecule has 0 aliphatic rings.